The highest BCUT2D eigenvalue weighted by Gasteiger charge is 2.19. The van der Waals surface area contributed by atoms with Crippen LogP contribution in [0.25, 0.3) is 0 Å². The summed E-state index contributed by atoms with van der Waals surface area (Å²) < 4.78 is 7.67. The van der Waals surface area contributed by atoms with Crippen LogP contribution in [0.3, 0.4) is 0 Å². The van der Waals surface area contributed by atoms with Gasteiger partial charge in [0.1, 0.15) is 5.75 Å². The summed E-state index contributed by atoms with van der Waals surface area (Å²) in [7, 11) is 1.82. The molecule has 0 saturated carbocycles. The Bertz CT molecular complexity index is 982. The van der Waals surface area contributed by atoms with Gasteiger partial charge >= 0.3 is 0 Å². The standard InChI is InChI=1S/C18H17Cl2N5O2S/c1-11(27-14-8-4-3-6-12(14)19)17-23-24-18(25(17)2)28-10-15(26)22-13-7-5-9-21-16(13)20/h3-9,11H,10H2,1-2H3,(H,22,26). The van der Waals surface area contributed by atoms with Crippen molar-refractivity contribution in [3.63, 3.8) is 0 Å². The smallest absolute Gasteiger partial charge is 0.234 e. The predicted molar refractivity (Wildman–Crippen MR) is 110 cm³/mol. The topological polar surface area (TPSA) is 81.9 Å². The van der Waals surface area contributed by atoms with Crippen molar-refractivity contribution >= 4 is 46.6 Å². The first-order valence-electron chi connectivity index (χ1n) is 8.29. The van der Waals surface area contributed by atoms with Crippen molar-refractivity contribution in [2.75, 3.05) is 11.1 Å². The van der Waals surface area contributed by atoms with Crippen LogP contribution >= 0.6 is 35.0 Å². The summed E-state index contributed by atoms with van der Waals surface area (Å²) in [6, 6.07) is 10.6. The van der Waals surface area contributed by atoms with Crippen LogP contribution in [0, 0.1) is 0 Å². The summed E-state index contributed by atoms with van der Waals surface area (Å²) in [5.41, 5.74) is 0.468. The van der Waals surface area contributed by atoms with Gasteiger partial charge < -0.3 is 14.6 Å². The highest BCUT2D eigenvalue weighted by Crippen LogP contribution is 2.29. The first-order chi connectivity index (χ1) is 13.5. The fourth-order valence-electron chi connectivity index (χ4n) is 2.38. The van der Waals surface area contributed by atoms with Gasteiger partial charge in [-0.3, -0.25) is 4.79 Å². The Kier molecular flexibility index (Phi) is 6.77. The predicted octanol–water partition coefficient (Wildman–Crippen LogP) is 4.39. The van der Waals surface area contributed by atoms with Crippen LogP contribution < -0.4 is 10.1 Å². The molecule has 2 aromatic heterocycles. The molecule has 1 N–H and O–H groups in total. The number of aromatic nitrogens is 4. The SMILES string of the molecule is CC(Oc1ccccc1Cl)c1nnc(SCC(=O)Nc2cccnc2Cl)n1C. The quantitative estimate of drug-likeness (QED) is 0.435. The Balaban J connectivity index is 1.60. The lowest BCUT2D eigenvalue weighted by Crippen LogP contribution is -2.15. The molecular weight excluding hydrogens is 421 g/mol. The number of nitrogens with zero attached hydrogens (tertiary/aromatic N) is 4. The summed E-state index contributed by atoms with van der Waals surface area (Å²) in [6.45, 7) is 1.86. The van der Waals surface area contributed by atoms with Crippen LogP contribution in [-0.4, -0.2) is 31.4 Å². The number of amides is 1. The molecule has 1 amide bonds. The average molecular weight is 438 g/mol. The summed E-state index contributed by atoms with van der Waals surface area (Å²) >= 11 is 13.3. The molecule has 1 unspecified atom stereocenters. The third kappa shape index (κ3) is 4.95. The van der Waals surface area contributed by atoms with Gasteiger partial charge in [0.25, 0.3) is 0 Å². The number of benzene rings is 1. The number of anilines is 1. The van der Waals surface area contributed by atoms with Gasteiger partial charge in [-0.1, -0.05) is 47.1 Å². The number of halogens is 2. The second kappa shape index (κ2) is 9.27. The lowest BCUT2D eigenvalue weighted by atomic mass is 10.3. The van der Waals surface area contributed by atoms with Crippen LogP contribution in [0.15, 0.2) is 47.8 Å². The molecule has 0 aliphatic rings. The molecule has 1 aromatic carbocycles. The fraction of sp³-hybridized carbons (Fsp3) is 0.222. The van der Waals surface area contributed by atoms with E-state index in [4.69, 9.17) is 27.9 Å². The van der Waals surface area contributed by atoms with E-state index in [1.165, 1.54) is 11.8 Å². The molecule has 3 rings (SSSR count). The minimum absolute atomic E-state index is 0.150. The summed E-state index contributed by atoms with van der Waals surface area (Å²) in [5, 5.41) is 12.4. The number of ether oxygens (including phenoxy) is 1. The summed E-state index contributed by atoms with van der Waals surface area (Å²) in [5.74, 6) is 1.13. The van der Waals surface area contributed by atoms with Crippen molar-refractivity contribution < 1.29 is 9.53 Å². The number of rotatable bonds is 7. The van der Waals surface area contributed by atoms with E-state index < -0.39 is 0 Å². The molecule has 10 heteroatoms. The molecule has 0 bridgehead atoms. The normalized spacial score (nSPS) is 11.9. The lowest BCUT2D eigenvalue weighted by molar-refractivity contribution is -0.113. The largest absolute Gasteiger partial charge is 0.481 e. The highest BCUT2D eigenvalue weighted by atomic mass is 35.5. The molecule has 3 aromatic rings. The second-order valence-corrected chi connectivity index (χ2v) is 7.48. The van der Waals surface area contributed by atoms with Crippen LogP contribution in [-0.2, 0) is 11.8 Å². The number of para-hydroxylation sites is 1. The first-order valence-corrected chi connectivity index (χ1v) is 10.0. The lowest BCUT2D eigenvalue weighted by Gasteiger charge is -2.15. The van der Waals surface area contributed by atoms with Crippen molar-refractivity contribution in [2.24, 2.45) is 7.05 Å². The van der Waals surface area contributed by atoms with E-state index in [0.29, 0.717) is 27.4 Å². The Morgan fingerprint density at radius 2 is 2.04 bits per heavy atom. The number of hydrogen-bond acceptors (Lipinski definition) is 6. The number of carbonyl (C=O) groups is 1. The number of carbonyl (C=O) groups excluding carboxylic acids is 1. The van der Waals surface area contributed by atoms with Crippen LogP contribution in [0.4, 0.5) is 5.69 Å². The molecule has 0 aliphatic carbocycles. The second-order valence-electron chi connectivity index (χ2n) is 5.77. The van der Waals surface area contributed by atoms with E-state index in [1.807, 2.05) is 26.1 Å². The number of thioether (sulfide) groups is 1. The van der Waals surface area contributed by atoms with E-state index in [1.54, 1.807) is 35.0 Å². The zero-order valence-corrected chi connectivity index (χ0v) is 17.4. The Morgan fingerprint density at radius 3 is 2.79 bits per heavy atom. The molecule has 0 radical (unpaired) electrons. The Labute approximate surface area is 176 Å². The third-order valence-electron chi connectivity index (χ3n) is 3.74. The maximum atomic E-state index is 12.2. The molecule has 28 heavy (non-hydrogen) atoms. The summed E-state index contributed by atoms with van der Waals surface area (Å²) in [6.07, 6.45) is 1.19. The molecule has 1 atom stereocenters. The van der Waals surface area contributed by atoms with E-state index in [-0.39, 0.29) is 22.9 Å². The van der Waals surface area contributed by atoms with E-state index in [2.05, 4.69) is 20.5 Å². The van der Waals surface area contributed by atoms with Crippen LogP contribution in [0.5, 0.6) is 5.75 Å². The molecule has 0 spiro atoms. The minimum atomic E-state index is -0.366. The zero-order valence-electron chi connectivity index (χ0n) is 15.1. The van der Waals surface area contributed by atoms with Crippen molar-refractivity contribution in [3.8, 4) is 5.75 Å². The van der Waals surface area contributed by atoms with E-state index >= 15 is 0 Å². The van der Waals surface area contributed by atoms with Crippen molar-refractivity contribution in [1.82, 2.24) is 19.7 Å². The molecule has 2 heterocycles. The van der Waals surface area contributed by atoms with Crippen molar-refractivity contribution in [1.29, 1.82) is 0 Å². The molecule has 146 valence electrons. The van der Waals surface area contributed by atoms with Gasteiger partial charge in [0.15, 0.2) is 22.2 Å². The number of nitrogens with one attached hydrogen (secondary N) is 1. The molecule has 0 fully saturated rings. The van der Waals surface area contributed by atoms with Gasteiger partial charge in [-0.15, -0.1) is 10.2 Å². The summed E-state index contributed by atoms with van der Waals surface area (Å²) in [4.78, 5) is 16.1. The zero-order chi connectivity index (χ0) is 20.1. The third-order valence-corrected chi connectivity index (χ3v) is 5.37. The Hall–Kier alpha value is -2.29. The highest BCUT2D eigenvalue weighted by molar-refractivity contribution is 7.99. The fourth-order valence-corrected chi connectivity index (χ4v) is 3.45. The van der Waals surface area contributed by atoms with Crippen molar-refractivity contribution in [3.05, 3.63) is 58.6 Å². The number of hydrogen-bond donors (Lipinski definition) is 1. The van der Waals surface area contributed by atoms with E-state index in [0.717, 1.165) is 0 Å². The average Bonchev–Trinajstić information content (AvgIpc) is 3.04. The number of pyridine rings is 1. The monoisotopic (exact) mass is 437 g/mol. The maximum absolute atomic E-state index is 12.2. The van der Waals surface area contributed by atoms with Gasteiger partial charge in [-0.2, -0.15) is 0 Å². The Morgan fingerprint density at radius 1 is 1.25 bits per heavy atom. The maximum Gasteiger partial charge on any atom is 0.234 e. The van der Waals surface area contributed by atoms with Gasteiger partial charge in [-0.25, -0.2) is 4.98 Å². The van der Waals surface area contributed by atoms with Gasteiger partial charge in [0.05, 0.1) is 16.5 Å². The van der Waals surface area contributed by atoms with Gasteiger partial charge in [-0.05, 0) is 31.2 Å². The van der Waals surface area contributed by atoms with Crippen LogP contribution in [0.1, 0.15) is 18.9 Å². The van der Waals surface area contributed by atoms with Gasteiger partial charge in [0.2, 0.25) is 5.91 Å². The molecule has 0 aliphatic heterocycles. The molecule has 7 nitrogen and oxygen atoms in total. The van der Waals surface area contributed by atoms with Gasteiger partial charge in [0, 0.05) is 13.2 Å². The van der Waals surface area contributed by atoms with E-state index in [9.17, 15) is 4.79 Å². The first kappa shape index (κ1) is 20.4. The van der Waals surface area contributed by atoms with Crippen LogP contribution in [0.2, 0.25) is 10.2 Å². The molecule has 0 saturated heterocycles. The van der Waals surface area contributed by atoms with Crippen molar-refractivity contribution in [2.45, 2.75) is 18.2 Å². The minimum Gasteiger partial charge on any atom is -0.481 e. The molecular formula is C18H17Cl2N5O2S.